The minimum Gasteiger partial charge on any atom is -0.459 e. The summed E-state index contributed by atoms with van der Waals surface area (Å²) in [5, 5.41) is 6.21. The van der Waals surface area contributed by atoms with Crippen LogP contribution in [-0.4, -0.2) is 16.6 Å². The highest BCUT2D eigenvalue weighted by Gasteiger charge is 2.44. The molecule has 2 heterocycles. The number of halogens is 2. The Morgan fingerprint density at radius 3 is 2.42 bits per heavy atom. The largest absolute Gasteiger partial charge is 0.459 e. The van der Waals surface area contributed by atoms with Crippen molar-refractivity contribution >= 4 is 17.7 Å². The molecule has 0 radical (unpaired) electrons. The highest BCUT2D eigenvalue weighted by atomic mass is 19.1. The van der Waals surface area contributed by atoms with E-state index in [4.69, 9.17) is 9.52 Å². The quantitative estimate of drug-likeness (QED) is 0.524. The van der Waals surface area contributed by atoms with Crippen molar-refractivity contribution in [1.82, 2.24) is 5.01 Å². The summed E-state index contributed by atoms with van der Waals surface area (Å²) < 4.78 is 32.2. The lowest BCUT2D eigenvalue weighted by molar-refractivity contribution is 0.0648. The van der Waals surface area contributed by atoms with E-state index < -0.39 is 0 Å². The summed E-state index contributed by atoms with van der Waals surface area (Å²) in [4.78, 5) is 13.2. The number of carbonyl (C=O) groups is 1. The first kappa shape index (κ1) is 19.4. The summed E-state index contributed by atoms with van der Waals surface area (Å²) in [7, 11) is 0. The molecule has 1 aromatic heterocycles. The number of carbonyl (C=O) groups excluding carboxylic acids is 1. The van der Waals surface area contributed by atoms with Crippen molar-refractivity contribution in [2.75, 3.05) is 0 Å². The second kappa shape index (κ2) is 7.95. The SMILES string of the molecule is O=C(c1ccco1)N1N=C2/C(=C\c3ccc(F)cc3)CCCC2C1c1ccc(F)cc1. The smallest absolute Gasteiger partial charge is 0.310 e. The molecule has 1 aliphatic carbocycles. The topological polar surface area (TPSA) is 45.8 Å². The number of furan rings is 1. The zero-order valence-corrected chi connectivity index (χ0v) is 16.7. The maximum absolute atomic E-state index is 13.6. The molecule has 3 aromatic rings. The van der Waals surface area contributed by atoms with Crippen molar-refractivity contribution in [2.24, 2.45) is 11.0 Å². The van der Waals surface area contributed by atoms with Crippen molar-refractivity contribution in [2.45, 2.75) is 25.3 Å². The van der Waals surface area contributed by atoms with Gasteiger partial charge in [-0.3, -0.25) is 4.79 Å². The number of nitrogens with zero attached hydrogens (tertiary/aromatic N) is 2. The molecule has 2 aliphatic rings. The molecule has 0 saturated heterocycles. The number of hydrogen-bond acceptors (Lipinski definition) is 3. The number of allylic oxidation sites excluding steroid dienone is 1. The number of hydrazone groups is 1. The molecule has 5 rings (SSSR count). The van der Waals surface area contributed by atoms with Gasteiger partial charge in [0.2, 0.25) is 0 Å². The molecule has 2 unspecified atom stereocenters. The first-order valence-electron chi connectivity index (χ1n) is 10.3. The van der Waals surface area contributed by atoms with Gasteiger partial charge in [0.1, 0.15) is 11.6 Å². The third-order valence-electron chi connectivity index (χ3n) is 5.86. The molecule has 1 amide bonds. The Morgan fingerprint density at radius 2 is 1.74 bits per heavy atom. The lowest BCUT2D eigenvalue weighted by Gasteiger charge is -2.29. The molecule has 1 fully saturated rings. The van der Waals surface area contributed by atoms with E-state index in [2.05, 4.69) is 0 Å². The highest BCUT2D eigenvalue weighted by Crippen LogP contribution is 2.45. The molecule has 156 valence electrons. The van der Waals surface area contributed by atoms with Gasteiger partial charge >= 0.3 is 5.91 Å². The molecule has 1 saturated carbocycles. The van der Waals surface area contributed by atoms with E-state index in [1.54, 1.807) is 36.4 Å². The van der Waals surface area contributed by atoms with Gasteiger partial charge in [-0.05, 0) is 78.4 Å². The zero-order valence-electron chi connectivity index (χ0n) is 16.7. The van der Waals surface area contributed by atoms with Crippen molar-refractivity contribution in [3.63, 3.8) is 0 Å². The number of hydrogen-bond donors (Lipinski definition) is 0. The molecule has 4 nitrogen and oxygen atoms in total. The summed E-state index contributed by atoms with van der Waals surface area (Å²) >= 11 is 0. The van der Waals surface area contributed by atoms with Gasteiger partial charge in [0.15, 0.2) is 5.76 Å². The highest BCUT2D eigenvalue weighted by molar-refractivity contribution is 6.08. The van der Waals surface area contributed by atoms with E-state index in [0.29, 0.717) is 0 Å². The summed E-state index contributed by atoms with van der Waals surface area (Å²) in [5.74, 6) is -0.743. The third-order valence-corrected chi connectivity index (χ3v) is 5.86. The number of fused-ring (bicyclic) bond motifs is 1. The van der Waals surface area contributed by atoms with Crippen molar-refractivity contribution in [3.05, 3.63) is 101 Å². The van der Waals surface area contributed by atoms with Gasteiger partial charge < -0.3 is 4.42 Å². The zero-order chi connectivity index (χ0) is 21.4. The molecule has 2 atom stereocenters. The second-order valence-electron chi connectivity index (χ2n) is 7.83. The van der Waals surface area contributed by atoms with Crippen molar-refractivity contribution in [1.29, 1.82) is 0 Å². The minimum absolute atomic E-state index is 0.00942. The number of rotatable bonds is 3. The van der Waals surface area contributed by atoms with E-state index in [1.165, 1.54) is 35.5 Å². The van der Waals surface area contributed by atoms with Gasteiger partial charge in [0.05, 0.1) is 18.0 Å². The van der Waals surface area contributed by atoms with Crippen molar-refractivity contribution in [3.8, 4) is 0 Å². The van der Waals surface area contributed by atoms with Gasteiger partial charge in [0.25, 0.3) is 0 Å². The van der Waals surface area contributed by atoms with Crippen LogP contribution in [0.15, 0.2) is 82.0 Å². The van der Waals surface area contributed by atoms with Gasteiger partial charge in [-0.2, -0.15) is 5.10 Å². The summed E-state index contributed by atoms with van der Waals surface area (Å²) in [6.45, 7) is 0. The lowest BCUT2D eigenvalue weighted by Crippen LogP contribution is -2.31. The van der Waals surface area contributed by atoms with E-state index in [-0.39, 0.29) is 35.3 Å². The average molecular weight is 418 g/mol. The molecule has 0 N–H and O–H groups in total. The fourth-order valence-electron chi connectivity index (χ4n) is 4.43. The molecule has 31 heavy (non-hydrogen) atoms. The molecular formula is C25H20F2N2O2. The van der Waals surface area contributed by atoms with Gasteiger partial charge in [0, 0.05) is 5.92 Å². The summed E-state index contributed by atoms with van der Waals surface area (Å²) in [6, 6.07) is 15.5. The Balaban J connectivity index is 1.57. The molecule has 6 heteroatoms. The Kier molecular flexibility index (Phi) is 4.98. The monoisotopic (exact) mass is 418 g/mol. The van der Waals surface area contributed by atoms with Gasteiger partial charge in [-0.25, -0.2) is 13.8 Å². The molecule has 1 aliphatic heterocycles. The molecule has 0 spiro atoms. The van der Waals surface area contributed by atoms with Crippen LogP contribution < -0.4 is 0 Å². The predicted octanol–water partition coefficient (Wildman–Crippen LogP) is 5.99. The maximum Gasteiger partial charge on any atom is 0.310 e. The fourth-order valence-corrected chi connectivity index (χ4v) is 4.43. The van der Waals surface area contributed by atoms with Crippen LogP contribution in [0.25, 0.3) is 6.08 Å². The van der Waals surface area contributed by atoms with Crippen LogP contribution in [0.3, 0.4) is 0 Å². The fraction of sp³-hybridized carbons (Fsp3) is 0.200. The lowest BCUT2D eigenvalue weighted by atomic mass is 9.77. The van der Waals surface area contributed by atoms with E-state index in [0.717, 1.165) is 41.7 Å². The molecule has 0 bridgehead atoms. The minimum atomic E-state index is -0.342. The Bertz CT molecular complexity index is 1150. The predicted molar refractivity (Wildman–Crippen MR) is 113 cm³/mol. The first-order valence-corrected chi connectivity index (χ1v) is 10.3. The second-order valence-corrected chi connectivity index (χ2v) is 7.83. The van der Waals surface area contributed by atoms with Crippen LogP contribution in [0.4, 0.5) is 8.78 Å². The van der Waals surface area contributed by atoms with E-state index in [1.807, 2.05) is 6.08 Å². The number of amides is 1. The van der Waals surface area contributed by atoms with Crippen LogP contribution in [0, 0.1) is 17.6 Å². The van der Waals surface area contributed by atoms with Crippen LogP contribution in [0.5, 0.6) is 0 Å². The Hall–Kier alpha value is -3.54. The van der Waals surface area contributed by atoms with E-state index in [9.17, 15) is 13.6 Å². The van der Waals surface area contributed by atoms with Crippen LogP contribution in [0.2, 0.25) is 0 Å². The summed E-state index contributed by atoms with van der Waals surface area (Å²) in [5.41, 5.74) is 3.59. The van der Waals surface area contributed by atoms with Gasteiger partial charge in [-0.15, -0.1) is 0 Å². The Labute approximate surface area is 178 Å². The third kappa shape index (κ3) is 3.69. The Morgan fingerprint density at radius 1 is 1.03 bits per heavy atom. The maximum atomic E-state index is 13.6. The van der Waals surface area contributed by atoms with Crippen LogP contribution in [0.1, 0.15) is 47.0 Å². The van der Waals surface area contributed by atoms with Crippen molar-refractivity contribution < 1.29 is 18.0 Å². The average Bonchev–Trinajstić information content (AvgIpc) is 3.44. The molecular weight excluding hydrogens is 398 g/mol. The summed E-state index contributed by atoms with van der Waals surface area (Å²) in [6.07, 6.45) is 6.09. The van der Waals surface area contributed by atoms with E-state index >= 15 is 0 Å². The van der Waals surface area contributed by atoms with Crippen LogP contribution >= 0.6 is 0 Å². The normalized spacial score (nSPS) is 21.8. The molecule has 2 aromatic carbocycles. The number of benzene rings is 2. The standard InChI is InChI=1S/C25H20F2N2O2/c26-19-10-6-16(7-11-19)15-18-3-1-4-21-23(18)28-29(25(30)22-5-2-14-31-22)24(21)17-8-12-20(27)13-9-17/h2,5-15,21,24H,1,3-4H2/b18-15-. The van der Waals surface area contributed by atoms with Crippen LogP contribution in [-0.2, 0) is 0 Å². The first-order chi connectivity index (χ1) is 15.1. The van der Waals surface area contributed by atoms with Gasteiger partial charge in [-0.1, -0.05) is 24.3 Å².